The highest BCUT2D eigenvalue weighted by atomic mass is 31.0. The minimum Gasteiger partial charge on any atom is -0.459 e. The molecule has 0 radical (unpaired) electrons. The molecule has 1 aromatic carbocycles. The van der Waals surface area contributed by atoms with E-state index in [-0.39, 0.29) is 24.4 Å². The number of β-lactam (4-membered cyclic amide) rings is 1. The number of guanidine groups is 1. The summed E-state index contributed by atoms with van der Waals surface area (Å²) in [6.07, 6.45) is 1.97. The molecular weight excluding hydrogens is 363 g/mol. The van der Waals surface area contributed by atoms with Crippen molar-refractivity contribution in [2.24, 2.45) is 10.9 Å². The van der Waals surface area contributed by atoms with Gasteiger partial charge in [0.05, 0.1) is 5.92 Å². The largest absolute Gasteiger partial charge is 0.459 e. The van der Waals surface area contributed by atoms with Crippen LogP contribution < -0.4 is 5.09 Å². The first-order valence-corrected chi connectivity index (χ1v) is 9.76. The van der Waals surface area contributed by atoms with Crippen LogP contribution in [0.4, 0.5) is 0 Å². The Labute approximate surface area is 163 Å². The predicted molar refractivity (Wildman–Crippen MR) is 109 cm³/mol. The van der Waals surface area contributed by atoms with Gasteiger partial charge in [-0.05, 0) is 27.8 Å². The normalized spacial score (nSPS) is 21.5. The summed E-state index contributed by atoms with van der Waals surface area (Å²) in [7, 11) is 5.89. The van der Waals surface area contributed by atoms with Gasteiger partial charge in [0.15, 0.2) is 5.96 Å². The van der Waals surface area contributed by atoms with Crippen LogP contribution >= 0.6 is 9.39 Å². The third kappa shape index (κ3) is 5.19. The molecule has 1 N–H and O–H groups in total. The second-order valence-electron chi connectivity index (χ2n) is 6.53. The van der Waals surface area contributed by atoms with Gasteiger partial charge in [0.25, 0.3) is 0 Å². The first-order valence-electron chi connectivity index (χ1n) is 9.19. The van der Waals surface area contributed by atoms with Crippen molar-refractivity contribution in [1.29, 1.82) is 0 Å². The average Bonchev–Trinajstić information content (AvgIpc) is 2.67. The van der Waals surface area contributed by atoms with Crippen molar-refractivity contribution in [2.75, 3.05) is 27.2 Å². The van der Waals surface area contributed by atoms with Gasteiger partial charge in [-0.1, -0.05) is 37.3 Å². The third-order valence-electron chi connectivity index (χ3n) is 4.86. The van der Waals surface area contributed by atoms with Crippen LogP contribution in [-0.2, 0) is 20.9 Å². The monoisotopic (exact) mass is 392 g/mol. The first kappa shape index (κ1) is 21.2. The number of esters is 1. The minimum atomic E-state index is -0.411. The van der Waals surface area contributed by atoms with Crippen molar-refractivity contribution >= 4 is 27.2 Å². The standard InChI is InChI=1S/C14H17NO3.C5H12N3P/c1-3-11-12(15(2)13(11)16)14(17)18-9-10-7-5-4-6-8-10;1-6-5(7-9)8-3-2-4-8/h4-8,11-12H,3,9H2,1-2H3;2-4,9H2,1H3,(H,6,7). The van der Waals surface area contributed by atoms with Crippen LogP contribution in [0.2, 0.25) is 0 Å². The van der Waals surface area contributed by atoms with Crippen LogP contribution in [0.1, 0.15) is 25.3 Å². The number of hydrogen-bond donors (Lipinski definition) is 1. The maximum atomic E-state index is 11.9. The summed E-state index contributed by atoms with van der Waals surface area (Å²) in [4.78, 5) is 31.1. The first-order chi connectivity index (χ1) is 13.0. The zero-order chi connectivity index (χ0) is 19.8. The fourth-order valence-corrected chi connectivity index (χ4v) is 3.39. The molecule has 3 atom stereocenters. The average molecular weight is 392 g/mol. The number of hydrogen-bond acceptors (Lipinski definition) is 4. The lowest BCUT2D eigenvalue weighted by atomic mass is 9.86. The highest BCUT2D eigenvalue weighted by Crippen LogP contribution is 2.28. The van der Waals surface area contributed by atoms with Crippen LogP contribution in [0.5, 0.6) is 0 Å². The molecule has 0 spiro atoms. The number of carbonyl (C=O) groups is 2. The van der Waals surface area contributed by atoms with Crippen LogP contribution in [0, 0.1) is 5.92 Å². The maximum Gasteiger partial charge on any atom is 0.330 e. The molecule has 148 valence electrons. The van der Waals surface area contributed by atoms with Crippen LogP contribution in [-0.4, -0.2) is 60.9 Å². The van der Waals surface area contributed by atoms with Crippen molar-refractivity contribution in [3.63, 3.8) is 0 Å². The number of amides is 1. The number of rotatable bonds is 4. The number of carbonyl (C=O) groups excluding carboxylic acids is 2. The molecule has 8 heteroatoms. The fraction of sp³-hybridized carbons (Fsp3) is 0.526. The summed E-state index contributed by atoms with van der Waals surface area (Å²) in [5.74, 6) is 0.483. The van der Waals surface area contributed by atoms with Crippen molar-refractivity contribution in [3.8, 4) is 0 Å². The molecule has 3 rings (SSSR count). The Hall–Kier alpha value is -2.14. The van der Waals surface area contributed by atoms with Gasteiger partial charge in [0.2, 0.25) is 5.91 Å². The maximum absolute atomic E-state index is 11.9. The molecular formula is C19H29N4O3P. The van der Waals surface area contributed by atoms with Crippen molar-refractivity contribution < 1.29 is 14.3 Å². The van der Waals surface area contributed by atoms with Gasteiger partial charge in [-0.25, -0.2) is 4.79 Å². The van der Waals surface area contributed by atoms with Crippen LogP contribution in [0.15, 0.2) is 35.3 Å². The molecule has 3 unspecified atom stereocenters. The van der Waals surface area contributed by atoms with Gasteiger partial charge in [-0.2, -0.15) is 0 Å². The molecule has 0 bridgehead atoms. The predicted octanol–water partition coefficient (Wildman–Crippen LogP) is 1.65. The Kier molecular flexibility index (Phi) is 8.04. The molecule has 2 aliphatic rings. The van der Waals surface area contributed by atoms with E-state index in [1.54, 1.807) is 14.1 Å². The highest BCUT2D eigenvalue weighted by molar-refractivity contribution is 7.15. The summed E-state index contributed by atoms with van der Waals surface area (Å²) in [5, 5.41) is 2.95. The zero-order valence-electron chi connectivity index (χ0n) is 16.2. The second-order valence-corrected chi connectivity index (χ2v) is 6.82. The number of nitrogens with one attached hydrogen (secondary N) is 1. The molecule has 2 saturated heterocycles. The van der Waals surface area contributed by atoms with Gasteiger partial charge in [0, 0.05) is 27.2 Å². The molecule has 2 heterocycles. The molecule has 2 fully saturated rings. The topological polar surface area (TPSA) is 74.2 Å². The Morgan fingerprint density at radius 1 is 1.33 bits per heavy atom. The van der Waals surface area contributed by atoms with E-state index < -0.39 is 6.04 Å². The minimum absolute atomic E-state index is 0.0270. The van der Waals surface area contributed by atoms with Crippen molar-refractivity contribution in [3.05, 3.63) is 35.9 Å². The smallest absolute Gasteiger partial charge is 0.330 e. The lowest BCUT2D eigenvalue weighted by molar-refractivity contribution is -0.173. The van der Waals surface area contributed by atoms with Crippen LogP contribution in [0.25, 0.3) is 0 Å². The Morgan fingerprint density at radius 2 is 2.00 bits per heavy atom. The number of likely N-dealkylation sites (tertiary alicyclic amines) is 2. The third-order valence-corrected chi connectivity index (χ3v) is 5.12. The van der Waals surface area contributed by atoms with E-state index >= 15 is 0 Å². The lowest BCUT2D eigenvalue weighted by Crippen LogP contribution is -2.62. The van der Waals surface area contributed by atoms with Gasteiger partial charge in [-0.15, -0.1) is 0 Å². The van der Waals surface area contributed by atoms with Gasteiger partial charge in [-0.3, -0.25) is 9.79 Å². The molecule has 27 heavy (non-hydrogen) atoms. The Morgan fingerprint density at radius 3 is 2.44 bits per heavy atom. The van der Waals surface area contributed by atoms with E-state index in [9.17, 15) is 9.59 Å². The fourth-order valence-electron chi connectivity index (χ4n) is 3.08. The van der Waals surface area contributed by atoms with E-state index in [0.717, 1.165) is 24.6 Å². The summed E-state index contributed by atoms with van der Waals surface area (Å²) in [5.41, 5.74) is 0.951. The van der Waals surface area contributed by atoms with E-state index in [1.165, 1.54) is 11.3 Å². The van der Waals surface area contributed by atoms with E-state index in [4.69, 9.17) is 4.74 Å². The van der Waals surface area contributed by atoms with E-state index in [0.29, 0.717) is 6.42 Å². The summed E-state index contributed by atoms with van der Waals surface area (Å²) in [6, 6.07) is 9.11. The summed E-state index contributed by atoms with van der Waals surface area (Å²) >= 11 is 0. The number of ether oxygens (including phenoxy) is 1. The SMILES string of the molecule is CCC1C(=O)N(C)C1C(=O)OCc1ccccc1.CN=C(NP)N1CCC1. The summed E-state index contributed by atoms with van der Waals surface area (Å²) < 4.78 is 5.25. The Bertz CT molecular complexity index is 664. The molecule has 0 aliphatic carbocycles. The van der Waals surface area contributed by atoms with Gasteiger partial charge >= 0.3 is 5.97 Å². The second kappa shape index (κ2) is 10.3. The molecule has 1 aromatic rings. The number of likely N-dealkylation sites (N-methyl/N-ethyl adjacent to an activating group) is 1. The molecule has 7 nitrogen and oxygen atoms in total. The summed E-state index contributed by atoms with van der Waals surface area (Å²) in [6.45, 7) is 4.46. The number of aliphatic imine (C=N–C) groups is 1. The van der Waals surface area contributed by atoms with Gasteiger partial charge < -0.3 is 19.6 Å². The number of nitrogens with zero attached hydrogens (tertiary/aromatic N) is 3. The Balaban J connectivity index is 0.000000244. The molecule has 2 aliphatic heterocycles. The quantitative estimate of drug-likeness (QED) is 0.277. The molecule has 1 amide bonds. The molecule has 0 aromatic heterocycles. The van der Waals surface area contributed by atoms with E-state index in [1.807, 2.05) is 37.3 Å². The zero-order valence-corrected chi connectivity index (χ0v) is 17.4. The van der Waals surface area contributed by atoms with Crippen molar-refractivity contribution in [1.82, 2.24) is 14.9 Å². The molecule has 0 saturated carbocycles. The highest BCUT2D eigenvalue weighted by Gasteiger charge is 2.49. The van der Waals surface area contributed by atoms with Gasteiger partial charge in [0.1, 0.15) is 12.6 Å². The van der Waals surface area contributed by atoms with Crippen molar-refractivity contribution in [2.45, 2.75) is 32.4 Å². The van der Waals surface area contributed by atoms with Crippen LogP contribution in [0.3, 0.4) is 0 Å². The number of benzene rings is 1. The van der Waals surface area contributed by atoms with E-state index in [2.05, 4.69) is 24.4 Å². The lowest BCUT2D eigenvalue weighted by Gasteiger charge is -2.42.